The number of nitrogens with zero attached hydrogens (tertiary/aromatic N) is 5. The Balaban J connectivity index is 1.74. The van der Waals surface area contributed by atoms with Gasteiger partial charge in [0.1, 0.15) is 11.6 Å². The van der Waals surface area contributed by atoms with Crippen molar-refractivity contribution < 1.29 is 19.3 Å². The Hall–Kier alpha value is -2.24. The zero-order valence-electron chi connectivity index (χ0n) is 18.1. The maximum absolute atomic E-state index is 11.3. The minimum Gasteiger partial charge on any atom is -0.351 e. The average molecular weight is 456 g/mol. The minimum atomic E-state index is -0.816. The molecule has 2 saturated heterocycles. The number of hydroxylamine groups is 4. The molecule has 0 spiro atoms. The summed E-state index contributed by atoms with van der Waals surface area (Å²) in [6, 6.07) is -0.0491. The molecule has 2 aliphatic rings. The molecule has 0 saturated carbocycles. The number of carbonyl (C=O) groups excluding carboxylic acids is 2. The first-order valence-corrected chi connectivity index (χ1v) is 10.8. The topological polar surface area (TPSA) is 150 Å². The van der Waals surface area contributed by atoms with E-state index in [1.54, 1.807) is 10.1 Å². The van der Waals surface area contributed by atoms with E-state index in [1.165, 1.54) is 0 Å². The van der Waals surface area contributed by atoms with Gasteiger partial charge in [-0.15, -0.1) is 10.1 Å². The highest BCUT2D eigenvalue weighted by molar-refractivity contribution is 6.28. The fourth-order valence-corrected chi connectivity index (χ4v) is 4.44. The number of piperidine rings is 2. The van der Waals surface area contributed by atoms with Crippen molar-refractivity contribution >= 4 is 23.8 Å². The highest BCUT2D eigenvalue weighted by atomic mass is 35.5. The first kappa shape index (κ1) is 23.4. The molecule has 31 heavy (non-hydrogen) atoms. The summed E-state index contributed by atoms with van der Waals surface area (Å²) in [5.74, 6) is 1.44. The summed E-state index contributed by atoms with van der Waals surface area (Å²) in [5, 5.41) is 3.38. The summed E-state index contributed by atoms with van der Waals surface area (Å²) >= 11 is 6.25. The Morgan fingerprint density at radius 2 is 1.48 bits per heavy atom. The van der Waals surface area contributed by atoms with Crippen molar-refractivity contribution in [2.24, 2.45) is 16.9 Å². The van der Waals surface area contributed by atoms with Crippen LogP contribution in [0.2, 0.25) is 5.28 Å². The molecule has 2 unspecified atom stereocenters. The van der Waals surface area contributed by atoms with Crippen molar-refractivity contribution in [1.29, 1.82) is 0 Å². The molecule has 1 aromatic heterocycles. The highest BCUT2D eigenvalue weighted by Gasteiger charge is 2.40. The van der Waals surface area contributed by atoms with Gasteiger partial charge in [0.15, 0.2) is 0 Å². The van der Waals surface area contributed by atoms with Crippen LogP contribution in [-0.2, 0) is 9.68 Å². The number of hydrogen-bond donors (Lipinski definition) is 2. The highest BCUT2D eigenvalue weighted by Crippen LogP contribution is 2.38. The smallest absolute Gasteiger partial charge is 0.351 e. The van der Waals surface area contributed by atoms with E-state index in [9.17, 15) is 9.59 Å². The van der Waals surface area contributed by atoms with E-state index in [4.69, 9.17) is 37.7 Å². The second-order valence-electron chi connectivity index (χ2n) is 9.09. The Morgan fingerprint density at radius 1 is 0.935 bits per heavy atom. The van der Waals surface area contributed by atoms with Crippen molar-refractivity contribution in [1.82, 2.24) is 25.1 Å². The van der Waals surface area contributed by atoms with E-state index in [-0.39, 0.29) is 28.6 Å². The number of carbonyl (C=O) groups is 2. The predicted octanol–water partition coefficient (Wildman–Crippen LogP) is 2.32. The molecular weight excluding hydrogens is 426 g/mol. The fourth-order valence-electron chi connectivity index (χ4n) is 4.27. The monoisotopic (exact) mass is 455 g/mol. The summed E-state index contributed by atoms with van der Waals surface area (Å²) < 4.78 is 0. The molecule has 0 bridgehead atoms. The van der Waals surface area contributed by atoms with Crippen LogP contribution >= 0.6 is 11.6 Å². The molecule has 172 valence electrons. The Bertz CT molecular complexity index is 811. The number of aromatic nitrogens is 3. The summed E-state index contributed by atoms with van der Waals surface area (Å²) in [5.41, 5.74) is 10.2. The Labute approximate surface area is 186 Å². The third-order valence-electron chi connectivity index (χ3n) is 5.81. The zero-order valence-corrected chi connectivity index (χ0v) is 18.8. The standard InChI is InChI=1S/C19H30ClN7O4/c1-19(2,3)13-10-12(6-9-27(13)31-18(22)29)15-23-14(24-16(20)25-15)11-4-7-26(8-5-11)30-17(21)28/h11-13H,4-10H2,1-3H3,(H2,21,28)(H2,22,29). The van der Waals surface area contributed by atoms with Crippen LogP contribution < -0.4 is 11.5 Å². The lowest BCUT2D eigenvalue weighted by molar-refractivity contribution is -0.170. The second kappa shape index (κ2) is 9.49. The van der Waals surface area contributed by atoms with E-state index in [0.29, 0.717) is 57.0 Å². The normalized spacial score (nSPS) is 24.0. The van der Waals surface area contributed by atoms with E-state index < -0.39 is 12.2 Å². The summed E-state index contributed by atoms with van der Waals surface area (Å²) in [7, 11) is 0. The van der Waals surface area contributed by atoms with Gasteiger partial charge in [0.05, 0.1) is 6.04 Å². The summed E-state index contributed by atoms with van der Waals surface area (Å²) in [4.78, 5) is 45.9. The average Bonchev–Trinajstić information content (AvgIpc) is 2.66. The Morgan fingerprint density at radius 3 is 2.03 bits per heavy atom. The van der Waals surface area contributed by atoms with Crippen molar-refractivity contribution in [2.75, 3.05) is 19.6 Å². The molecule has 3 rings (SSSR count). The number of primary amides is 2. The van der Waals surface area contributed by atoms with Crippen LogP contribution in [-0.4, -0.2) is 62.9 Å². The lowest BCUT2D eigenvalue weighted by atomic mass is 9.77. The van der Waals surface area contributed by atoms with Crippen LogP contribution in [0.15, 0.2) is 0 Å². The molecule has 3 heterocycles. The molecule has 1 aromatic rings. The molecule has 2 aliphatic heterocycles. The first-order chi connectivity index (χ1) is 14.5. The largest absolute Gasteiger partial charge is 0.423 e. The van der Waals surface area contributed by atoms with Crippen molar-refractivity contribution in [3.8, 4) is 0 Å². The molecule has 0 radical (unpaired) electrons. The predicted molar refractivity (Wildman–Crippen MR) is 112 cm³/mol. The third kappa shape index (κ3) is 6.14. The number of hydrogen-bond acceptors (Lipinski definition) is 9. The SMILES string of the molecule is CC(C)(C)C1CC(c2nc(Cl)nc(C3CCN(OC(N)=O)CC3)n2)CCN1OC(N)=O. The molecule has 2 fully saturated rings. The van der Waals surface area contributed by atoms with Crippen LogP contribution in [0.1, 0.15) is 69.9 Å². The van der Waals surface area contributed by atoms with Crippen molar-refractivity contribution in [2.45, 2.75) is 64.3 Å². The lowest BCUT2D eigenvalue weighted by Gasteiger charge is -2.43. The van der Waals surface area contributed by atoms with Crippen LogP contribution in [0.5, 0.6) is 0 Å². The first-order valence-electron chi connectivity index (χ1n) is 10.4. The molecule has 12 heteroatoms. The minimum absolute atomic E-state index is 0.0491. The van der Waals surface area contributed by atoms with Crippen LogP contribution in [0.3, 0.4) is 0 Å². The van der Waals surface area contributed by atoms with Crippen LogP contribution in [0, 0.1) is 5.41 Å². The second-order valence-corrected chi connectivity index (χ2v) is 9.43. The van der Waals surface area contributed by atoms with Crippen molar-refractivity contribution in [3.05, 3.63) is 16.9 Å². The Kier molecular flexibility index (Phi) is 7.17. The number of nitrogens with two attached hydrogens (primary N) is 2. The fraction of sp³-hybridized carbons (Fsp3) is 0.737. The van der Waals surface area contributed by atoms with Gasteiger partial charge in [0.25, 0.3) is 0 Å². The number of amides is 2. The molecule has 4 N–H and O–H groups in total. The zero-order chi connectivity index (χ0) is 22.8. The van der Waals surface area contributed by atoms with Gasteiger partial charge in [-0.25, -0.2) is 24.5 Å². The van der Waals surface area contributed by atoms with Crippen LogP contribution in [0.4, 0.5) is 9.59 Å². The van der Waals surface area contributed by atoms with Gasteiger partial charge in [-0.3, -0.25) is 0 Å². The van der Waals surface area contributed by atoms with Gasteiger partial charge in [-0.2, -0.15) is 0 Å². The van der Waals surface area contributed by atoms with E-state index in [0.717, 1.165) is 0 Å². The van der Waals surface area contributed by atoms with Gasteiger partial charge in [-0.05, 0) is 42.7 Å². The third-order valence-corrected chi connectivity index (χ3v) is 5.98. The molecule has 0 aromatic carbocycles. The van der Waals surface area contributed by atoms with Crippen LogP contribution in [0.25, 0.3) is 0 Å². The van der Waals surface area contributed by atoms with Gasteiger partial charge in [0.2, 0.25) is 5.28 Å². The molecular formula is C19H30ClN7O4. The lowest BCUT2D eigenvalue weighted by Crippen LogP contribution is -2.50. The number of rotatable bonds is 4. The molecule has 0 aliphatic carbocycles. The van der Waals surface area contributed by atoms with E-state index in [1.807, 2.05) is 0 Å². The summed E-state index contributed by atoms with van der Waals surface area (Å²) in [6.45, 7) is 7.88. The van der Waals surface area contributed by atoms with Gasteiger partial charge in [-0.1, -0.05) is 20.8 Å². The molecule has 2 atom stereocenters. The van der Waals surface area contributed by atoms with Crippen molar-refractivity contribution in [3.63, 3.8) is 0 Å². The van der Waals surface area contributed by atoms with Gasteiger partial charge < -0.3 is 21.1 Å². The summed E-state index contributed by atoms with van der Waals surface area (Å²) in [6.07, 6.45) is 1.19. The maximum atomic E-state index is 11.3. The maximum Gasteiger partial charge on any atom is 0.423 e. The molecule has 2 amide bonds. The number of halogens is 1. The van der Waals surface area contributed by atoms with Gasteiger partial charge in [0, 0.05) is 31.5 Å². The van der Waals surface area contributed by atoms with E-state index in [2.05, 4.69) is 30.7 Å². The quantitative estimate of drug-likeness (QED) is 0.696. The molecule has 11 nitrogen and oxygen atoms in total. The van der Waals surface area contributed by atoms with E-state index >= 15 is 0 Å². The van der Waals surface area contributed by atoms with Gasteiger partial charge >= 0.3 is 12.2 Å².